The number of nitrogens with zero attached hydrogens (tertiary/aromatic N) is 1. The normalized spacial score (nSPS) is 24.2. The number of amides is 4. The standard InChI is InChI=1S/C25H29N3O3/c1-17-8-6-7-15-25(17)23(30)28(24(31)27-25)16-22(29)26-18(2)19-11-13-21(14-12-19)20-9-4-3-5-10-20/h3-5,9-14,17-18H,6-8,15-16H2,1-2H3,(H,26,29)(H,27,31). The van der Waals surface area contributed by atoms with Gasteiger partial charge < -0.3 is 10.6 Å². The van der Waals surface area contributed by atoms with Gasteiger partial charge in [0.05, 0.1) is 6.04 Å². The van der Waals surface area contributed by atoms with E-state index in [1.807, 2.05) is 56.3 Å². The van der Waals surface area contributed by atoms with Gasteiger partial charge in [-0.25, -0.2) is 4.79 Å². The summed E-state index contributed by atoms with van der Waals surface area (Å²) in [4.78, 5) is 39.2. The van der Waals surface area contributed by atoms with Gasteiger partial charge in [0.25, 0.3) is 5.91 Å². The molecule has 4 amide bonds. The summed E-state index contributed by atoms with van der Waals surface area (Å²) < 4.78 is 0. The van der Waals surface area contributed by atoms with Crippen LogP contribution in [0.1, 0.15) is 51.1 Å². The van der Waals surface area contributed by atoms with Crippen molar-refractivity contribution < 1.29 is 14.4 Å². The third kappa shape index (κ3) is 4.07. The summed E-state index contributed by atoms with van der Waals surface area (Å²) in [7, 11) is 0. The van der Waals surface area contributed by atoms with E-state index in [1.165, 1.54) is 0 Å². The molecule has 2 fully saturated rings. The molecule has 1 saturated carbocycles. The topological polar surface area (TPSA) is 78.5 Å². The molecule has 1 aliphatic heterocycles. The minimum atomic E-state index is -0.839. The molecular weight excluding hydrogens is 390 g/mol. The first-order valence-electron chi connectivity index (χ1n) is 11.0. The summed E-state index contributed by atoms with van der Waals surface area (Å²) >= 11 is 0. The second-order valence-electron chi connectivity index (χ2n) is 8.72. The Labute approximate surface area is 183 Å². The number of imide groups is 1. The van der Waals surface area contributed by atoms with E-state index in [0.717, 1.165) is 40.9 Å². The molecule has 1 aliphatic carbocycles. The minimum Gasteiger partial charge on any atom is -0.348 e. The number of nitrogens with one attached hydrogen (secondary N) is 2. The highest BCUT2D eigenvalue weighted by atomic mass is 16.2. The van der Waals surface area contributed by atoms with Crippen LogP contribution in [0.25, 0.3) is 11.1 Å². The molecule has 0 radical (unpaired) electrons. The first-order valence-corrected chi connectivity index (χ1v) is 11.0. The molecule has 1 heterocycles. The molecule has 6 nitrogen and oxygen atoms in total. The predicted molar refractivity (Wildman–Crippen MR) is 119 cm³/mol. The second-order valence-corrected chi connectivity index (χ2v) is 8.72. The zero-order valence-electron chi connectivity index (χ0n) is 18.1. The Morgan fingerprint density at radius 2 is 1.77 bits per heavy atom. The van der Waals surface area contributed by atoms with Crippen LogP contribution in [0.15, 0.2) is 54.6 Å². The molecule has 2 aromatic carbocycles. The van der Waals surface area contributed by atoms with Crippen LogP contribution in [0.2, 0.25) is 0 Å². The van der Waals surface area contributed by atoms with Gasteiger partial charge in [-0.05, 0) is 42.4 Å². The molecule has 6 heteroatoms. The van der Waals surface area contributed by atoms with Gasteiger partial charge in [-0.1, -0.05) is 74.4 Å². The Morgan fingerprint density at radius 1 is 1.10 bits per heavy atom. The molecule has 1 spiro atoms. The number of hydrogen-bond acceptors (Lipinski definition) is 3. The Kier molecular flexibility index (Phi) is 5.81. The van der Waals surface area contributed by atoms with Crippen LogP contribution in [-0.4, -0.2) is 34.8 Å². The van der Waals surface area contributed by atoms with E-state index in [-0.39, 0.29) is 30.3 Å². The fourth-order valence-corrected chi connectivity index (χ4v) is 4.75. The van der Waals surface area contributed by atoms with Crippen molar-refractivity contribution >= 4 is 17.8 Å². The van der Waals surface area contributed by atoms with Crippen molar-refractivity contribution in [1.29, 1.82) is 0 Å². The molecule has 0 aromatic heterocycles. The van der Waals surface area contributed by atoms with Gasteiger partial charge in [0.2, 0.25) is 5.91 Å². The van der Waals surface area contributed by atoms with Crippen molar-refractivity contribution in [3.63, 3.8) is 0 Å². The van der Waals surface area contributed by atoms with E-state index in [4.69, 9.17) is 0 Å². The van der Waals surface area contributed by atoms with Crippen molar-refractivity contribution in [2.45, 2.75) is 51.1 Å². The molecular formula is C25H29N3O3. The lowest BCUT2D eigenvalue weighted by molar-refractivity contribution is -0.137. The van der Waals surface area contributed by atoms with Crippen molar-refractivity contribution in [1.82, 2.24) is 15.5 Å². The number of rotatable bonds is 5. The fraction of sp³-hybridized carbons (Fsp3) is 0.400. The lowest BCUT2D eigenvalue weighted by atomic mass is 9.73. The quantitative estimate of drug-likeness (QED) is 0.718. The summed E-state index contributed by atoms with van der Waals surface area (Å²) in [6.07, 6.45) is 3.52. The molecule has 3 atom stereocenters. The average molecular weight is 420 g/mol. The van der Waals surface area contributed by atoms with Crippen molar-refractivity contribution in [3.05, 3.63) is 60.2 Å². The van der Waals surface area contributed by atoms with Crippen LogP contribution >= 0.6 is 0 Å². The van der Waals surface area contributed by atoms with Gasteiger partial charge in [-0.2, -0.15) is 0 Å². The first-order chi connectivity index (χ1) is 14.9. The van der Waals surface area contributed by atoms with Gasteiger partial charge in [0, 0.05) is 0 Å². The maximum Gasteiger partial charge on any atom is 0.325 e. The molecule has 3 unspecified atom stereocenters. The largest absolute Gasteiger partial charge is 0.348 e. The zero-order chi connectivity index (χ0) is 22.0. The Bertz CT molecular complexity index is 973. The highest BCUT2D eigenvalue weighted by Gasteiger charge is 2.55. The number of benzene rings is 2. The van der Waals surface area contributed by atoms with Gasteiger partial charge >= 0.3 is 6.03 Å². The predicted octanol–water partition coefficient (Wildman–Crippen LogP) is 4.03. The van der Waals surface area contributed by atoms with Crippen LogP contribution in [0.3, 0.4) is 0 Å². The van der Waals surface area contributed by atoms with E-state index in [9.17, 15) is 14.4 Å². The molecule has 2 aromatic rings. The Hall–Kier alpha value is -3.15. The summed E-state index contributed by atoms with van der Waals surface area (Å²) in [5.41, 5.74) is 2.36. The Morgan fingerprint density at radius 3 is 2.45 bits per heavy atom. The Balaban J connectivity index is 1.38. The average Bonchev–Trinajstić information content (AvgIpc) is 3.01. The lowest BCUT2D eigenvalue weighted by Gasteiger charge is -2.36. The van der Waals surface area contributed by atoms with E-state index < -0.39 is 11.6 Å². The SMILES string of the molecule is CC(NC(=O)CN1C(=O)NC2(CCCCC2C)C1=O)c1ccc(-c2ccccc2)cc1. The molecule has 4 rings (SSSR count). The van der Waals surface area contributed by atoms with Crippen molar-refractivity contribution in [3.8, 4) is 11.1 Å². The summed E-state index contributed by atoms with van der Waals surface area (Å²) in [6, 6.07) is 17.4. The highest BCUT2D eigenvalue weighted by molar-refractivity contribution is 6.09. The third-order valence-corrected chi connectivity index (χ3v) is 6.70. The summed E-state index contributed by atoms with van der Waals surface area (Å²) in [6.45, 7) is 3.64. The van der Waals surface area contributed by atoms with Gasteiger partial charge in [0.15, 0.2) is 0 Å². The molecule has 2 aliphatic rings. The molecule has 31 heavy (non-hydrogen) atoms. The van der Waals surface area contributed by atoms with E-state index in [2.05, 4.69) is 22.8 Å². The molecule has 1 saturated heterocycles. The van der Waals surface area contributed by atoms with Crippen LogP contribution in [-0.2, 0) is 9.59 Å². The minimum absolute atomic E-state index is 0.0767. The van der Waals surface area contributed by atoms with Gasteiger partial charge in [0.1, 0.15) is 12.1 Å². The second kappa shape index (κ2) is 8.53. The van der Waals surface area contributed by atoms with E-state index in [0.29, 0.717) is 6.42 Å². The number of hydrogen-bond donors (Lipinski definition) is 2. The first kappa shape index (κ1) is 21.1. The molecule has 162 valence electrons. The number of urea groups is 1. The van der Waals surface area contributed by atoms with Crippen LogP contribution in [0.5, 0.6) is 0 Å². The van der Waals surface area contributed by atoms with Crippen LogP contribution < -0.4 is 10.6 Å². The number of carbonyl (C=O) groups is 3. The smallest absolute Gasteiger partial charge is 0.325 e. The van der Waals surface area contributed by atoms with Gasteiger partial charge in [-0.3, -0.25) is 14.5 Å². The van der Waals surface area contributed by atoms with E-state index >= 15 is 0 Å². The third-order valence-electron chi connectivity index (χ3n) is 6.70. The lowest BCUT2D eigenvalue weighted by Crippen LogP contribution is -2.54. The monoisotopic (exact) mass is 419 g/mol. The van der Waals surface area contributed by atoms with Crippen LogP contribution in [0.4, 0.5) is 4.79 Å². The van der Waals surface area contributed by atoms with Gasteiger partial charge in [-0.15, -0.1) is 0 Å². The zero-order valence-corrected chi connectivity index (χ0v) is 18.1. The van der Waals surface area contributed by atoms with Crippen molar-refractivity contribution in [2.24, 2.45) is 5.92 Å². The maximum absolute atomic E-state index is 13.0. The number of carbonyl (C=O) groups excluding carboxylic acids is 3. The maximum atomic E-state index is 13.0. The molecule has 0 bridgehead atoms. The summed E-state index contributed by atoms with van der Waals surface area (Å²) in [5, 5.41) is 5.80. The van der Waals surface area contributed by atoms with Crippen molar-refractivity contribution in [2.75, 3.05) is 6.54 Å². The summed E-state index contributed by atoms with van der Waals surface area (Å²) in [5.74, 6) is -0.531. The highest BCUT2D eigenvalue weighted by Crippen LogP contribution is 2.38. The van der Waals surface area contributed by atoms with Crippen LogP contribution in [0, 0.1) is 5.92 Å². The molecule has 2 N–H and O–H groups in total. The fourth-order valence-electron chi connectivity index (χ4n) is 4.75. The van der Waals surface area contributed by atoms with E-state index in [1.54, 1.807) is 0 Å².